The van der Waals surface area contributed by atoms with E-state index < -0.39 is 0 Å². The fourth-order valence-electron chi connectivity index (χ4n) is 3.65. The molecule has 138 valence electrons. The highest BCUT2D eigenvalue weighted by molar-refractivity contribution is 7.20. The summed E-state index contributed by atoms with van der Waals surface area (Å²) in [4.78, 5) is 29.7. The van der Waals surface area contributed by atoms with Gasteiger partial charge in [0.2, 0.25) is 5.91 Å². The van der Waals surface area contributed by atoms with Crippen LogP contribution in [-0.4, -0.2) is 61.0 Å². The molecule has 2 saturated heterocycles. The van der Waals surface area contributed by atoms with E-state index in [1.165, 1.54) is 23.5 Å². The largest absolute Gasteiger partial charge is 0.378 e. The third-order valence-electron chi connectivity index (χ3n) is 5.14. The Bertz CT molecular complexity index is 823. The van der Waals surface area contributed by atoms with Gasteiger partial charge >= 0.3 is 0 Å². The summed E-state index contributed by atoms with van der Waals surface area (Å²) in [6.07, 6.45) is 1.39. The SMILES string of the molecule is O=C(c1cc2cc(F)ccc2s1)N1CCC(C(=O)N2CCOCC2)CC1. The summed E-state index contributed by atoms with van der Waals surface area (Å²) >= 11 is 1.39. The predicted octanol–water partition coefficient (Wildman–Crippen LogP) is 2.75. The Morgan fingerprint density at radius 1 is 1.04 bits per heavy atom. The minimum absolute atomic E-state index is 0.00588. The molecule has 0 unspecified atom stereocenters. The van der Waals surface area contributed by atoms with Crippen LogP contribution in [0.2, 0.25) is 0 Å². The molecular weight excluding hydrogens is 355 g/mol. The van der Waals surface area contributed by atoms with Crippen molar-refractivity contribution in [2.75, 3.05) is 39.4 Å². The molecule has 0 atom stereocenters. The van der Waals surface area contributed by atoms with Crippen molar-refractivity contribution in [3.05, 3.63) is 35.0 Å². The predicted molar refractivity (Wildman–Crippen MR) is 97.8 cm³/mol. The Morgan fingerprint density at radius 3 is 2.50 bits per heavy atom. The van der Waals surface area contributed by atoms with Gasteiger partial charge in [-0.3, -0.25) is 9.59 Å². The lowest BCUT2D eigenvalue weighted by Crippen LogP contribution is -2.47. The number of fused-ring (bicyclic) bond motifs is 1. The van der Waals surface area contributed by atoms with Gasteiger partial charge < -0.3 is 14.5 Å². The van der Waals surface area contributed by atoms with Crippen LogP contribution in [0.1, 0.15) is 22.5 Å². The number of rotatable bonds is 2. The molecule has 3 heterocycles. The molecule has 4 rings (SSSR count). The molecule has 7 heteroatoms. The van der Waals surface area contributed by atoms with Crippen LogP contribution in [0.3, 0.4) is 0 Å². The highest BCUT2D eigenvalue weighted by Crippen LogP contribution is 2.29. The number of carbonyl (C=O) groups is 2. The lowest BCUT2D eigenvalue weighted by molar-refractivity contribution is -0.141. The molecule has 2 amide bonds. The number of hydrogen-bond donors (Lipinski definition) is 0. The van der Waals surface area contributed by atoms with E-state index in [-0.39, 0.29) is 23.5 Å². The lowest BCUT2D eigenvalue weighted by Gasteiger charge is -2.35. The first kappa shape index (κ1) is 17.4. The average molecular weight is 376 g/mol. The molecule has 2 fully saturated rings. The van der Waals surface area contributed by atoms with Gasteiger partial charge in [0.25, 0.3) is 5.91 Å². The van der Waals surface area contributed by atoms with Crippen LogP contribution in [0.4, 0.5) is 4.39 Å². The Kier molecular flexibility index (Phi) is 4.91. The summed E-state index contributed by atoms with van der Waals surface area (Å²) in [5.74, 6) is -0.132. The Hall–Kier alpha value is -1.99. The summed E-state index contributed by atoms with van der Waals surface area (Å²) in [5.41, 5.74) is 0. The third-order valence-corrected chi connectivity index (χ3v) is 6.25. The van der Waals surface area contributed by atoms with Crippen LogP contribution < -0.4 is 0 Å². The first-order valence-corrected chi connectivity index (χ1v) is 9.78. The number of morpholine rings is 1. The van der Waals surface area contributed by atoms with Crippen molar-refractivity contribution in [3.8, 4) is 0 Å². The third kappa shape index (κ3) is 3.46. The van der Waals surface area contributed by atoms with Crippen LogP contribution in [0, 0.1) is 11.7 Å². The summed E-state index contributed by atoms with van der Waals surface area (Å²) in [6.45, 7) is 3.71. The fraction of sp³-hybridized carbons (Fsp3) is 0.474. The number of amides is 2. The van der Waals surface area contributed by atoms with Crippen LogP contribution in [0.15, 0.2) is 24.3 Å². The van der Waals surface area contributed by atoms with Crippen molar-refractivity contribution in [1.82, 2.24) is 9.80 Å². The van der Waals surface area contributed by atoms with Crippen molar-refractivity contribution < 1.29 is 18.7 Å². The maximum Gasteiger partial charge on any atom is 0.263 e. The maximum atomic E-state index is 13.3. The van der Waals surface area contributed by atoms with E-state index in [0.717, 1.165) is 10.1 Å². The van der Waals surface area contributed by atoms with Gasteiger partial charge in [0, 0.05) is 36.8 Å². The first-order valence-electron chi connectivity index (χ1n) is 8.97. The standard InChI is InChI=1S/C19H21FN2O3S/c20-15-1-2-16-14(11-15)12-17(26-16)19(24)21-5-3-13(4-6-21)18(23)22-7-9-25-10-8-22/h1-2,11-13H,3-10H2. The molecule has 1 aromatic carbocycles. The Morgan fingerprint density at radius 2 is 1.77 bits per heavy atom. The van der Waals surface area contributed by atoms with E-state index in [4.69, 9.17) is 4.74 Å². The van der Waals surface area contributed by atoms with Crippen molar-refractivity contribution >= 4 is 33.2 Å². The average Bonchev–Trinajstić information content (AvgIpc) is 3.11. The Balaban J connectivity index is 1.38. The van der Waals surface area contributed by atoms with Gasteiger partial charge in [-0.05, 0) is 42.5 Å². The molecule has 0 bridgehead atoms. The van der Waals surface area contributed by atoms with E-state index in [2.05, 4.69) is 0 Å². The number of halogens is 1. The van der Waals surface area contributed by atoms with E-state index >= 15 is 0 Å². The molecule has 0 spiro atoms. The molecule has 2 aliphatic rings. The second-order valence-electron chi connectivity index (χ2n) is 6.80. The van der Waals surface area contributed by atoms with Crippen LogP contribution in [0.5, 0.6) is 0 Å². The van der Waals surface area contributed by atoms with Gasteiger partial charge in [-0.15, -0.1) is 11.3 Å². The molecule has 2 aliphatic heterocycles. The van der Waals surface area contributed by atoms with Crippen molar-refractivity contribution in [3.63, 3.8) is 0 Å². The number of carbonyl (C=O) groups excluding carboxylic acids is 2. The lowest BCUT2D eigenvalue weighted by atomic mass is 9.95. The van der Waals surface area contributed by atoms with Crippen LogP contribution >= 0.6 is 11.3 Å². The smallest absolute Gasteiger partial charge is 0.263 e. The normalized spacial score (nSPS) is 19.1. The summed E-state index contributed by atoms with van der Waals surface area (Å²) in [7, 11) is 0. The maximum absolute atomic E-state index is 13.3. The quantitative estimate of drug-likeness (QED) is 0.810. The molecular formula is C19H21FN2O3S. The second kappa shape index (κ2) is 7.32. The van der Waals surface area contributed by atoms with Crippen molar-refractivity contribution in [1.29, 1.82) is 0 Å². The minimum Gasteiger partial charge on any atom is -0.378 e. The van der Waals surface area contributed by atoms with Gasteiger partial charge in [-0.25, -0.2) is 4.39 Å². The number of ether oxygens (including phenoxy) is 1. The fourth-order valence-corrected chi connectivity index (χ4v) is 4.66. The molecule has 5 nitrogen and oxygen atoms in total. The van der Waals surface area contributed by atoms with Gasteiger partial charge in [0.05, 0.1) is 18.1 Å². The van der Waals surface area contributed by atoms with E-state index in [1.807, 2.05) is 9.80 Å². The summed E-state index contributed by atoms with van der Waals surface area (Å²) in [5, 5.41) is 0.760. The molecule has 0 N–H and O–H groups in total. The second-order valence-corrected chi connectivity index (χ2v) is 7.88. The molecule has 0 radical (unpaired) electrons. The van der Waals surface area contributed by atoms with E-state index in [1.54, 1.807) is 12.1 Å². The number of benzene rings is 1. The number of likely N-dealkylation sites (tertiary alicyclic amines) is 1. The van der Waals surface area contributed by atoms with Gasteiger partial charge in [-0.1, -0.05) is 0 Å². The highest BCUT2D eigenvalue weighted by Gasteiger charge is 2.31. The number of thiophene rings is 1. The zero-order valence-electron chi connectivity index (χ0n) is 14.4. The minimum atomic E-state index is -0.295. The molecule has 26 heavy (non-hydrogen) atoms. The zero-order chi connectivity index (χ0) is 18.1. The molecule has 2 aromatic rings. The number of nitrogens with zero attached hydrogens (tertiary/aromatic N) is 2. The van der Waals surface area contributed by atoms with Gasteiger partial charge in [0.1, 0.15) is 5.82 Å². The molecule has 0 saturated carbocycles. The highest BCUT2D eigenvalue weighted by atomic mass is 32.1. The van der Waals surface area contributed by atoms with E-state index in [9.17, 15) is 14.0 Å². The van der Waals surface area contributed by atoms with Crippen molar-refractivity contribution in [2.24, 2.45) is 5.92 Å². The summed E-state index contributed by atoms with van der Waals surface area (Å²) in [6, 6.07) is 6.33. The van der Waals surface area contributed by atoms with Gasteiger partial charge in [0.15, 0.2) is 0 Å². The number of hydrogen-bond acceptors (Lipinski definition) is 4. The molecule has 0 aliphatic carbocycles. The van der Waals surface area contributed by atoms with Crippen LogP contribution in [0.25, 0.3) is 10.1 Å². The molecule has 1 aromatic heterocycles. The summed E-state index contributed by atoms with van der Waals surface area (Å²) < 4.78 is 19.5. The topological polar surface area (TPSA) is 49.9 Å². The van der Waals surface area contributed by atoms with E-state index in [0.29, 0.717) is 57.1 Å². The zero-order valence-corrected chi connectivity index (χ0v) is 15.3. The van der Waals surface area contributed by atoms with Crippen LogP contribution in [-0.2, 0) is 9.53 Å². The van der Waals surface area contributed by atoms with Gasteiger partial charge in [-0.2, -0.15) is 0 Å². The van der Waals surface area contributed by atoms with Crippen molar-refractivity contribution in [2.45, 2.75) is 12.8 Å². The monoisotopic (exact) mass is 376 g/mol. The Labute approximate surface area is 155 Å². The first-order chi connectivity index (χ1) is 12.6. The number of piperidine rings is 1.